The Morgan fingerprint density at radius 3 is 2.27 bits per heavy atom. The van der Waals surface area contributed by atoms with Crippen molar-refractivity contribution in [3.8, 4) is 16.9 Å². The molecule has 0 aliphatic carbocycles. The van der Waals surface area contributed by atoms with E-state index < -0.39 is 0 Å². The van der Waals surface area contributed by atoms with Crippen molar-refractivity contribution < 1.29 is 13.9 Å². The van der Waals surface area contributed by atoms with Crippen LogP contribution in [0.3, 0.4) is 0 Å². The maximum Gasteiger partial charge on any atom is 0.313 e. The molecule has 0 radical (unpaired) electrons. The van der Waals surface area contributed by atoms with Crippen LogP contribution >= 0.6 is 0 Å². The lowest BCUT2D eigenvalue weighted by atomic mass is 10.1. The van der Waals surface area contributed by atoms with E-state index in [9.17, 15) is 9.18 Å². The van der Waals surface area contributed by atoms with Crippen molar-refractivity contribution in [1.29, 1.82) is 0 Å². The van der Waals surface area contributed by atoms with Gasteiger partial charge in [0.05, 0.1) is 12.8 Å². The van der Waals surface area contributed by atoms with Crippen LogP contribution in [0.4, 0.5) is 4.39 Å². The predicted octanol–water partition coefficient (Wildman–Crippen LogP) is 4.73. The fraction of sp³-hybridized carbons (Fsp3) is 0.238. The van der Waals surface area contributed by atoms with Crippen LogP contribution in [0.5, 0.6) is 0 Å². The van der Waals surface area contributed by atoms with Crippen molar-refractivity contribution in [2.24, 2.45) is 0 Å². The number of ether oxygens (including phenoxy) is 1. The van der Waals surface area contributed by atoms with E-state index in [2.05, 4.69) is 4.98 Å². The molecule has 0 amide bonds. The van der Waals surface area contributed by atoms with Gasteiger partial charge in [0, 0.05) is 17.4 Å². The molecule has 0 atom stereocenters. The van der Waals surface area contributed by atoms with E-state index in [1.54, 1.807) is 16.7 Å². The lowest BCUT2D eigenvalue weighted by Gasteiger charge is -2.06. The van der Waals surface area contributed by atoms with Gasteiger partial charge in [0.25, 0.3) is 0 Å². The average molecular weight is 354 g/mol. The second-order valence-corrected chi connectivity index (χ2v) is 5.51. The highest BCUT2D eigenvalue weighted by atomic mass is 19.1. The molecule has 0 unspecified atom stereocenters. The number of hydrogen-bond donors (Lipinski definition) is 0. The number of carbonyl (C=O) groups excluding carboxylic acids is 1. The van der Waals surface area contributed by atoms with Gasteiger partial charge in [-0.2, -0.15) is 0 Å². The number of methoxy groups -OCH3 is 1. The zero-order valence-corrected chi connectivity index (χ0v) is 15.5. The van der Waals surface area contributed by atoms with Gasteiger partial charge in [-0.1, -0.05) is 43.7 Å². The molecule has 0 aliphatic rings. The minimum atomic E-state index is -0.376. The maximum absolute atomic E-state index is 13.2. The average Bonchev–Trinajstić information content (AvgIpc) is 3.08. The van der Waals surface area contributed by atoms with Crippen molar-refractivity contribution in [3.63, 3.8) is 0 Å². The molecular weight excluding hydrogens is 331 g/mol. The monoisotopic (exact) mass is 354 g/mol. The highest BCUT2D eigenvalue weighted by Gasteiger charge is 2.15. The molecule has 5 heteroatoms. The summed E-state index contributed by atoms with van der Waals surface area (Å²) in [6.07, 6.45) is 1.88. The summed E-state index contributed by atoms with van der Waals surface area (Å²) in [5.41, 5.74) is 3.60. The third-order valence-electron chi connectivity index (χ3n) is 3.76. The fourth-order valence-electron chi connectivity index (χ4n) is 2.43. The van der Waals surface area contributed by atoms with Gasteiger partial charge in [0.2, 0.25) is 0 Å². The van der Waals surface area contributed by atoms with E-state index in [1.165, 1.54) is 19.2 Å². The minimum Gasteiger partial charge on any atom is -0.469 e. The number of nitrogens with zero attached hydrogens (tertiary/aromatic N) is 2. The number of esters is 1. The Labute approximate surface area is 153 Å². The first-order valence-corrected chi connectivity index (χ1v) is 8.55. The Kier molecular flexibility index (Phi) is 6.67. The van der Waals surface area contributed by atoms with E-state index in [0.29, 0.717) is 5.82 Å². The first-order valence-electron chi connectivity index (χ1n) is 8.55. The van der Waals surface area contributed by atoms with E-state index in [-0.39, 0.29) is 18.2 Å². The Morgan fingerprint density at radius 1 is 1.08 bits per heavy atom. The summed E-state index contributed by atoms with van der Waals surface area (Å²) in [6, 6.07) is 14.0. The molecular formula is C21H23FN2O2. The minimum absolute atomic E-state index is 0.0414. The van der Waals surface area contributed by atoms with Gasteiger partial charge in [-0.25, -0.2) is 9.37 Å². The first kappa shape index (κ1) is 19.4. The quantitative estimate of drug-likeness (QED) is 0.636. The van der Waals surface area contributed by atoms with Crippen LogP contribution in [0.15, 0.2) is 54.7 Å². The second-order valence-electron chi connectivity index (χ2n) is 5.51. The molecule has 3 rings (SSSR count). The number of aromatic nitrogens is 2. The van der Waals surface area contributed by atoms with Crippen LogP contribution in [0, 0.1) is 12.7 Å². The van der Waals surface area contributed by atoms with E-state index >= 15 is 0 Å². The molecule has 0 spiro atoms. The highest BCUT2D eigenvalue weighted by molar-refractivity contribution is 5.72. The number of imidazole rings is 1. The third-order valence-corrected chi connectivity index (χ3v) is 3.76. The number of benzene rings is 2. The lowest BCUT2D eigenvalue weighted by molar-refractivity contribution is -0.139. The summed E-state index contributed by atoms with van der Waals surface area (Å²) in [4.78, 5) is 16.2. The second kappa shape index (κ2) is 8.94. The van der Waals surface area contributed by atoms with Crippen LogP contribution in [0.1, 0.15) is 25.2 Å². The largest absolute Gasteiger partial charge is 0.469 e. The summed E-state index contributed by atoms with van der Waals surface area (Å²) < 4.78 is 19.7. The molecule has 0 aliphatic heterocycles. The van der Waals surface area contributed by atoms with Gasteiger partial charge in [-0.15, -0.1) is 0 Å². The van der Waals surface area contributed by atoms with Crippen LogP contribution in [-0.4, -0.2) is 22.6 Å². The molecule has 0 bridgehead atoms. The van der Waals surface area contributed by atoms with Gasteiger partial charge < -0.3 is 9.30 Å². The highest BCUT2D eigenvalue weighted by Crippen LogP contribution is 2.23. The summed E-state index contributed by atoms with van der Waals surface area (Å²) in [5.74, 6) is -0.143. The van der Waals surface area contributed by atoms with Crippen LogP contribution in [-0.2, 0) is 16.0 Å². The molecule has 136 valence electrons. The third kappa shape index (κ3) is 4.57. The van der Waals surface area contributed by atoms with Crippen LogP contribution in [0.25, 0.3) is 16.9 Å². The zero-order chi connectivity index (χ0) is 19.1. The van der Waals surface area contributed by atoms with E-state index in [1.807, 2.05) is 51.2 Å². The zero-order valence-electron chi connectivity index (χ0n) is 15.5. The number of carbonyl (C=O) groups is 1. The molecule has 0 saturated heterocycles. The smallest absolute Gasteiger partial charge is 0.313 e. The summed E-state index contributed by atoms with van der Waals surface area (Å²) in [6.45, 7) is 6.02. The predicted molar refractivity (Wildman–Crippen MR) is 101 cm³/mol. The Morgan fingerprint density at radius 2 is 1.69 bits per heavy atom. The van der Waals surface area contributed by atoms with E-state index in [0.717, 1.165) is 22.5 Å². The molecule has 0 saturated carbocycles. The summed E-state index contributed by atoms with van der Waals surface area (Å²) in [7, 11) is 1.34. The maximum atomic E-state index is 13.2. The molecule has 1 heterocycles. The van der Waals surface area contributed by atoms with Crippen molar-refractivity contribution >= 4 is 5.97 Å². The molecule has 0 N–H and O–H groups in total. The summed E-state index contributed by atoms with van der Waals surface area (Å²) >= 11 is 0. The van der Waals surface area contributed by atoms with Crippen molar-refractivity contribution in [3.05, 3.63) is 71.9 Å². The number of halogens is 1. The first-order chi connectivity index (χ1) is 12.6. The van der Waals surface area contributed by atoms with Gasteiger partial charge >= 0.3 is 5.97 Å². The molecule has 2 aromatic carbocycles. The Bertz CT molecular complexity index is 853. The van der Waals surface area contributed by atoms with Gasteiger partial charge in [0.1, 0.15) is 18.1 Å². The normalized spacial score (nSPS) is 10.0. The van der Waals surface area contributed by atoms with Gasteiger partial charge in [-0.05, 0) is 31.2 Å². The topological polar surface area (TPSA) is 44.1 Å². The van der Waals surface area contributed by atoms with E-state index in [4.69, 9.17) is 4.74 Å². The lowest BCUT2D eigenvalue weighted by Crippen LogP contribution is -2.10. The molecule has 0 fully saturated rings. The molecule has 26 heavy (non-hydrogen) atoms. The van der Waals surface area contributed by atoms with Gasteiger partial charge in [-0.3, -0.25) is 4.79 Å². The molecule has 3 aromatic rings. The SMILES string of the molecule is CC.COC(=O)Cc1nc(-c2ccc(C)cc2)cn1-c1ccc(F)cc1. The van der Waals surface area contributed by atoms with Crippen LogP contribution < -0.4 is 0 Å². The standard InChI is InChI=1S/C19H17FN2O2.C2H6/c1-13-3-5-14(6-4-13)17-12-22(16-9-7-15(20)8-10-16)18(21-17)11-19(23)24-2;1-2/h3-10,12H,11H2,1-2H3;1-2H3. The van der Waals surface area contributed by atoms with Crippen molar-refractivity contribution in [2.75, 3.05) is 7.11 Å². The van der Waals surface area contributed by atoms with Crippen LogP contribution in [0.2, 0.25) is 0 Å². The number of hydrogen-bond acceptors (Lipinski definition) is 3. The Hall–Kier alpha value is -2.95. The summed E-state index contributed by atoms with van der Waals surface area (Å²) in [5, 5.41) is 0. The van der Waals surface area contributed by atoms with Gasteiger partial charge in [0.15, 0.2) is 0 Å². The van der Waals surface area contributed by atoms with Crippen molar-refractivity contribution in [1.82, 2.24) is 9.55 Å². The van der Waals surface area contributed by atoms with Crippen molar-refractivity contribution in [2.45, 2.75) is 27.2 Å². The number of rotatable bonds is 4. The molecule has 1 aromatic heterocycles. The Balaban J connectivity index is 0.00000117. The fourth-order valence-corrected chi connectivity index (χ4v) is 2.43. The number of aryl methyl sites for hydroxylation is 1. The molecule has 4 nitrogen and oxygen atoms in total.